The molecule has 0 aliphatic rings. The second-order valence-corrected chi connectivity index (χ2v) is 6.72. The number of aromatic nitrogens is 1. The highest BCUT2D eigenvalue weighted by Gasteiger charge is 2.24. The van der Waals surface area contributed by atoms with Gasteiger partial charge in [0.2, 0.25) is 0 Å². The van der Waals surface area contributed by atoms with Gasteiger partial charge in [0.1, 0.15) is 11.6 Å². The second-order valence-electron chi connectivity index (χ2n) is 6.72. The molecular formula is C18H22N2O4. The second kappa shape index (κ2) is 6.86. The van der Waals surface area contributed by atoms with Gasteiger partial charge in [0.05, 0.1) is 5.52 Å². The standard InChI is InChI=1S/C18H22N2O4/c1-11-5-7-13-9-12(6-8-14(13)19-11)10-15(16(21)22)20-17(23)24-18(2,3)4/h5-9,15H,10H2,1-4H3,(H,20,23)(H,21,22)/t15-/m0/s1. The molecule has 0 saturated carbocycles. The van der Waals surface area contributed by atoms with E-state index in [1.165, 1.54) is 0 Å². The zero-order valence-corrected chi connectivity index (χ0v) is 14.3. The summed E-state index contributed by atoms with van der Waals surface area (Å²) in [6.07, 6.45) is -0.578. The van der Waals surface area contributed by atoms with E-state index in [9.17, 15) is 14.7 Å². The average molecular weight is 330 g/mol. The van der Waals surface area contributed by atoms with Crippen LogP contribution in [0, 0.1) is 6.92 Å². The van der Waals surface area contributed by atoms with Crippen molar-refractivity contribution in [2.75, 3.05) is 0 Å². The molecule has 0 saturated heterocycles. The van der Waals surface area contributed by atoms with E-state index in [2.05, 4.69) is 10.3 Å². The number of aliphatic carboxylic acids is 1. The summed E-state index contributed by atoms with van der Waals surface area (Å²) in [7, 11) is 0. The number of nitrogens with one attached hydrogen (secondary N) is 1. The summed E-state index contributed by atoms with van der Waals surface area (Å²) >= 11 is 0. The minimum Gasteiger partial charge on any atom is -0.480 e. The first-order valence-corrected chi connectivity index (χ1v) is 7.73. The topological polar surface area (TPSA) is 88.5 Å². The van der Waals surface area contributed by atoms with Crippen LogP contribution in [0.2, 0.25) is 0 Å². The maximum atomic E-state index is 11.8. The van der Waals surface area contributed by atoms with Crippen molar-refractivity contribution in [3.63, 3.8) is 0 Å². The fraction of sp³-hybridized carbons (Fsp3) is 0.389. The van der Waals surface area contributed by atoms with Gasteiger partial charge in [-0.2, -0.15) is 0 Å². The summed E-state index contributed by atoms with van der Waals surface area (Å²) in [6, 6.07) is 8.34. The molecule has 1 atom stereocenters. The van der Waals surface area contributed by atoms with Crippen molar-refractivity contribution in [3.05, 3.63) is 41.6 Å². The lowest BCUT2D eigenvalue weighted by Crippen LogP contribution is -2.44. The number of amides is 1. The van der Waals surface area contributed by atoms with E-state index < -0.39 is 23.7 Å². The molecule has 1 aromatic heterocycles. The number of carboxylic acids is 1. The van der Waals surface area contributed by atoms with Crippen LogP contribution >= 0.6 is 0 Å². The molecule has 1 aromatic carbocycles. The first-order valence-electron chi connectivity index (χ1n) is 7.73. The molecular weight excluding hydrogens is 308 g/mol. The Balaban J connectivity index is 2.14. The number of hydrogen-bond donors (Lipinski definition) is 2. The van der Waals surface area contributed by atoms with Gasteiger partial charge in [0.15, 0.2) is 0 Å². The van der Waals surface area contributed by atoms with Crippen molar-refractivity contribution in [2.45, 2.75) is 45.8 Å². The Bertz CT molecular complexity index is 765. The van der Waals surface area contributed by atoms with Crippen LogP contribution in [0.4, 0.5) is 4.79 Å². The van der Waals surface area contributed by atoms with E-state index in [0.29, 0.717) is 0 Å². The van der Waals surface area contributed by atoms with Crippen LogP contribution in [0.25, 0.3) is 10.9 Å². The van der Waals surface area contributed by atoms with Gasteiger partial charge in [-0.05, 0) is 51.5 Å². The summed E-state index contributed by atoms with van der Waals surface area (Å²) in [4.78, 5) is 27.7. The number of alkyl carbamates (subject to hydrolysis) is 1. The predicted molar refractivity (Wildman–Crippen MR) is 91.0 cm³/mol. The van der Waals surface area contributed by atoms with Gasteiger partial charge < -0.3 is 15.2 Å². The zero-order chi connectivity index (χ0) is 17.9. The molecule has 2 rings (SSSR count). The molecule has 6 nitrogen and oxygen atoms in total. The van der Waals surface area contributed by atoms with Crippen molar-refractivity contribution >= 4 is 23.0 Å². The average Bonchev–Trinajstić information content (AvgIpc) is 2.44. The summed E-state index contributed by atoms with van der Waals surface area (Å²) < 4.78 is 5.12. The molecule has 0 radical (unpaired) electrons. The SMILES string of the molecule is Cc1ccc2cc(C[C@H](NC(=O)OC(C)(C)C)C(=O)O)ccc2n1. The fourth-order valence-electron chi connectivity index (χ4n) is 2.29. The normalized spacial score (nSPS) is 12.7. The third kappa shape index (κ3) is 4.94. The molecule has 128 valence electrons. The summed E-state index contributed by atoms with van der Waals surface area (Å²) in [5.74, 6) is -1.11. The Labute approximate surface area is 140 Å². The monoisotopic (exact) mass is 330 g/mol. The number of carbonyl (C=O) groups is 2. The van der Waals surface area contributed by atoms with Gasteiger partial charge in [-0.25, -0.2) is 9.59 Å². The molecule has 0 fully saturated rings. The number of carbonyl (C=O) groups excluding carboxylic acids is 1. The van der Waals surface area contributed by atoms with Crippen LogP contribution in [0.5, 0.6) is 0 Å². The summed E-state index contributed by atoms with van der Waals surface area (Å²) in [5.41, 5.74) is 1.90. The first kappa shape index (κ1) is 17.7. The molecule has 0 spiro atoms. The Hall–Kier alpha value is -2.63. The highest BCUT2D eigenvalue weighted by atomic mass is 16.6. The molecule has 0 aliphatic heterocycles. The summed E-state index contributed by atoms with van der Waals surface area (Å²) in [5, 5.41) is 12.7. The van der Waals surface area contributed by atoms with Crippen molar-refractivity contribution in [2.24, 2.45) is 0 Å². The number of benzene rings is 1. The molecule has 6 heteroatoms. The molecule has 0 unspecified atom stereocenters. The maximum Gasteiger partial charge on any atom is 0.408 e. The van der Waals surface area contributed by atoms with Gasteiger partial charge in [0, 0.05) is 17.5 Å². The van der Waals surface area contributed by atoms with Crippen molar-refractivity contribution in [1.29, 1.82) is 0 Å². The minimum absolute atomic E-state index is 0.165. The van der Waals surface area contributed by atoms with Gasteiger partial charge in [0.25, 0.3) is 0 Å². The van der Waals surface area contributed by atoms with Crippen LogP contribution < -0.4 is 5.32 Å². The molecule has 1 amide bonds. The van der Waals surface area contributed by atoms with Gasteiger partial charge >= 0.3 is 12.1 Å². The third-order valence-electron chi connectivity index (χ3n) is 3.32. The molecule has 24 heavy (non-hydrogen) atoms. The maximum absolute atomic E-state index is 11.8. The Morgan fingerprint density at radius 2 is 1.96 bits per heavy atom. The molecule has 2 N–H and O–H groups in total. The Morgan fingerprint density at radius 3 is 2.58 bits per heavy atom. The smallest absolute Gasteiger partial charge is 0.408 e. The minimum atomic E-state index is -1.11. The van der Waals surface area contributed by atoms with Crippen LogP contribution in [0.1, 0.15) is 32.0 Å². The highest BCUT2D eigenvalue weighted by Crippen LogP contribution is 2.16. The van der Waals surface area contributed by atoms with E-state index in [4.69, 9.17) is 4.74 Å². The van der Waals surface area contributed by atoms with Crippen molar-refractivity contribution < 1.29 is 19.4 Å². The zero-order valence-electron chi connectivity index (χ0n) is 14.3. The summed E-state index contributed by atoms with van der Waals surface area (Å²) in [6.45, 7) is 7.08. The lowest BCUT2D eigenvalue weighted by atomic mass is 10.0. The largest absolute Gasteiger partial charge is 0.480 e. The van der Waals surface area contributed by atoms with Crippen LogP contribution in [-0.2, 0) is 16.0 Å². The van der Waals surface area contributed by atoms with Crippen LogP contribution in [-0.4, -0.2) is 33.8 Å². The quantitative estimate of drug-likeness (QED) is 0.899. The fourth-order valence-corrected chi connectivity index (χ4v) is 2.29. The molecule has 0 bridgehead atoms. The molecule has 1 heterocycles. The number of carboxylic acid groups (broad SMARTS) is 1. The number of pyridine rings is 1. The van der Waals surface area contributed by atoms with Crippen LogP contribution in [0.15, 0.2) is 30.3 Å². The van der Waals surface area contributed by atoms with Gasteiger partial charge in [-0.3, -0.25) is 4.98 Å². The highest BCUT2D eigenvalue weighted by molar-refractivity contribution is 5.82. The first-order chi connectivity index (χ1) is 11.1. The van der Waals surface area contributed by atoms with Gasteiger partial charge in [-0.1, -0.05) is 12.1 Å². The van der Waals surface area contributed by atoms with E-state index >= 15 is 0 Å². The molecule has 2 aromatic rings. The van der Waals surface area contributed by atoms with E-state index in [0.717, 1.165) is 22.2 Å². The van der Waals surface area contributed by atoms with Crippen molar-refractivity contribution in [3.8, 4) is 0 Å². The van der Waals surface area contributed by atoms with E-state index in [1.54, 1.807) is 20.8 Å². The molecule has 0 aliphatic carbocycles. The lowest BCUT2D eigenvalue weighted by Gasteiger charge is -2.22. The number of rotatable bonds is 4. The van der Waals surface area contributed by atoms with Gasteiger partial charge in [-0.15, -0.1) is 0 Å². The number of fused-ring (bicyclic) bond motifs is 1. The lowest BCUT2D eigenvalue weighted by molar-refractivity contribution is -0.139. The third-order valence-corrected chi connectivity index (χ3v) is 3.32. The Morgan fingerprint density at radius 1 is 1.25 bits per heavy atom. The number of hydrogen-bond acceptors (Lipinski definition) is 4. The van der Waals surface area contributed by atoms with E-state index in [1.807, 2.05) is 37.3 Å². The number of ether oxygens (including phenoxy) is 1. The predicted octanol–water partition coefficient (Wildman–Crippen LogP) is 3.06. The Kier molecular flexibility index (Phi) is 5.07. The number of nitrogens with zero attached hydrogens (tertiary/aromatic N) is 1. The van der Waals surface area contributed by atoms with E-state index in [-0.39, 0.29) is 6.42 Å². The van der Waals surface area contributed by atoms with Crippen LogP contribution in [0.3, 0.4) is 0 Å². The number of aryl methyl sites for hydroxylation is 1. The van der Waals surface area contributed by atoms with Crippen molar-refractivity contribution in [1.82, 2.24) is 10.3 Å².